The van der Waals surface area contributed by atoms with Crippen LogP contribution in [0, 0.1) is 0 Å². The molecule has 0 spiro atoms. The van der Waals surface area contributed by atoms with Gasteiger partial charge in [0.25, 0.3) is 5.91 Å². The average molecular weight is 490 g/mol. The molecule has 0 bridgehead atoms. The summed E-state index contributed by atoms with van der Waals surface area (Å²) in [6, 6.07) is 14.8. The number of hydrogen-bond donors (Lipinski definition) is 3. The molecule has 0 radical (unpaired) electrons. The molecular weight excluding hydrogens is 458 g/mol. The molecule has 1 heterocycles. The molecule has 1 aliphatic rings. The Kier molecular flexibility index (Phi) is 8.51. The van der Waals surface area contributed by atoms with Crippen LogP contribution in [-0.4, -0.2) is 60.8 Å². The van der Waals surface area contributed by atoms with Gasteiger partial charge in [0, 0.05) is 19.1 Å². The number of rotatable bonds is 9. The number of carboxylic acid groups (broad SMARTS) is 1. The molecule has 1 unspecified atom stereocenters. The lowest BCUT2D eigenvalue weighted by molar-refractivity contribution is 0.0928. The molecule has 2 aromatic rings. The van der Waals surface area contributed by atoms with Gasteiger partial charge >= 0.3 is 6.09 Å². The maximum Gasteiger partial charge on any atom is 0.405 e. The molecule has 34 heavy (non-hydrogen) atoms. The highest BCUT2D eigenvalue weighted by Crippen LogP contribution is 2.25. The predicted octanol–water partition coefficient (Wildman–Crippen LogP) is 3.01. The summed E-state index contributed by atoms with van der Waals surface area (Å²) in [5.41, 5.74) is 1.03. The second-order valence-corrected chi connectivity index (χ2v) is 10.5. The summed E-state index contributed by atoms with van der Waals surface area (Å²) in [6.45, 7) is 4.27. The van der Waals surface area contributed by atoms with Gasteiger partial charge in [0.05, 0.1) is 17.4 Å². The van der Waals surface area contributed by atoms with Crippen molar-refractivity contribution in [1.29, 1.82) is 0 Å². The largest absolute Gasteiger partial charge is 0.489 e. The maximum atomic E-state index is 13.1. The number of nitrogens with zero attached hydrogens (tertiary/aromatic N) is 1. The molecule has 3 rings (SSSR count). The van der Waals surface area contributed by atoms with Crippen molar-refractivity contribution in [2.24, 2.45) is 0 Å². The summed E-state index contributed by atoms with van der Waals surface area (Å²) in [5, 5.41) is 14.3. The highest BCUT2D eigenvalue weighted by molar-refractivity contribution is 7.89. The molecule has 9 nitrogen and oxygen atoms in total. The lowest BCUT2D eigenvalue weighted by Crippen LogP contribution is -2.45. The Morgan fingerprint density at radius 1 is 1.03 bits per heavy atom. The van der Waals surface area contributed by atoms with E-state index in [2.05, 4.69) is 10.6 Å². The summed E-state index contributed by atoms with van der Waals surface area (Å²) < 4.78 is 33.6. The van der Waals surface area contributed by atoms with E-state index in [0.717, 1.165) is 0 Å². The average Bonchev–Trinajstić information content (AvgIpc) is 2.79. The summed E-state index contributed by atoms with van der Waals surface area (Å²) in [5.74, 6) is -0.118. The van der Waals surface area contributed by atoms with E-state index in [9.17, 15) is 23.1 Å². The minimum absolute atomic E-state index is 0.00988. The number of benzene rings is 2. The standard InChI is InChI=1S/C24H31N3O6S/c1-17(2)25-23(28)20-10-6-7-11-22(20)33-19-12-14-27(15-13-19)34(31,32)16-21(26-24(29)30)18-8-4-3-5-9-18/h3-11,17,19,21,26H,12-16H2,1-2H3,(H,25,28)(H,29,30). The number of piperidine rings is 1. The minimum Gasteiger partial charge on any atom is -0.489 e. The second-order valence-electron chi connectivity index (χ2n) is 8.53. The Bertz CT molecular complexity index is 1080. The van der Waals surface area contributed by atoms with Crippen molar-refractivity contribution in [3.05, 3.63) is 65.7 Å². The van der Waals surface area contributed by atoms with Gasteiger partial charge in [-0.15, -0.1) is 0 Å². The number of hydrogen-bond acceptors (Lipinski definition) is 5. The SMILES string of the molecule is CC(C)NC(=O)c1ccccc1OC1CCN(S(=O)(=O)CC(NC(=O)O)c2ccccc2)CC1. The van der Waals surface area contributed by atoms with Gasteiger partial charge in [-0.05, 0) is 44.4 Å². The number of nitrogens with one attached hydrogen (secondary N) is 2. The molecular formula is C24H31N3O6S. The first kappa shape index (κ1) is 25.5. The fraction of sp³-hybridized carbons (Fsp3) is 0.417. The van der Waals surface area contributed by atoms with Crippen molar-refractivity contribution in [3.8, 4) is 5.75 Å². The van der Waals surface area contributed by atoms with Crippen LogP contribution in [0.1, 0.15) is 48.7 Å². The fourth-order valence-electron chi connectivity index (χ4n) is 3.88. The van der Waals surface area contributed by atoms with Crippen LogP contribution in [0.3, 0.4) is 0 Å². The normalized spacial score (nSPS) is 16.1. The van der Waals surface area contributed by atoms with Gasteiger partial charge < -0.3 is 20.5 Å². The van der Waals surface area contributed by atoms with E-state index in [4.69, 9.17) is 4.74 Å². The number of carbonyl (C=O) groups excluding carboxylic acids is 1. The van der Waals surface area contributed by atoms with Crippen molar-refractivity contribution in [3.63, 3.8) is 0 Å². The third-order valence-electron chi connectivity index (χ3n) is 5.52. The van der Waals surface area contributed by atoms with E-state index in [1.165, 1.54) is 4.31 Å². The molecule has 3 N–H and O–H groups in total. The van der Waals surface area contributed by atoms with Gasteiger partial charge in [0.2, 0.25) is 10.0 Å². The summed E-state index contributed by atoms with van der Waals surface area (Å²) in [7, 11) is -3.72. The van der Waals surface area contributed by atoms with Crippen LogP contribution in [0.5, 0.6) is 5.75 Å². The van der Waals surface area contributed by atoms with Crippen molar-refractivity contribution in [2.45, 2.75) is 44.9 Å². The minimum atomic E-state index is -3.72. The zero-order valence-corrected chi connectivity index (χ0v) is 20.1. The van der Waals surface area contributed by atoms with Crippen LogP contribution in [0.2, 0.25) is 0 Å². The summed E-state index contributed by atoms with van der Waals surface area (Å²) >= 11 is 0. The summed E-state index contributed by atoms with van der Waals surface area (Å²) in [4.78, 5) is 23.7. The predicted molar refractivity (Wildman–Crippen MR) is 128 cm³/mol. The Morgan fingerprint density at radius 3 is 2.26 bits per heavy atom. The van der Waals surface area contributed by atoms with Crippen molar-refractivity contribution in [2.75, 3.05) is 18.8 Å². The van der Waals surface area contributed by atoms with E-state index in [1.54, 1.807) is 54.6 Å². The number of para-hydroxylation sites is 1. The lowest BCUT2D eigenvalue weighted by Gasteiger charge is -2.32. The molecule has 0 aromatic heterocycles. The van der Waals surface area contributed by atoms with Crippen LogP contribution < -0.4 is 15.4 Å². The zero-order valence-electron chi connectivity index (χ0n) is 19.3. The van der Waals surface area contributed by atoms with Crippen LogP contribution in [0.25, 0.3) is 0 Å². The maximum absolute atomic E-state index is 13.1. The first-order valence-electron chi connectivity index (χ1n) is 11.2. The molecule has 1 atom stereocenters. The molecule has 0 aliphatic carbocycles. The Morgan fingerprint density at radius 2 is 1.65 bits per heavy atom. The van der Waals surface area contributed by atoms with E-state index >= 15 is 0 Å². The van der Waals surface area contributed by atoms with Crippen molar-refractivity contribution < 1.29 is 27.9 Å². The van der Waals surface area contributed by atoms with Gasteiger partial charge in [-0.25, -0.2) is 17.5 Å². The molecule has 184 valence electrons. The first-order chi connectivity index (χ1) is 16.2. The van der Waals surface area contributed by atoms with Crippen molar-refractivity contribution in [1.82, 2.24) is 14.9 Å². The quantitative estimate of drug-likeness (QED) is 0.497. The monoisotopic (exact) mass is 489 g/mol. The van der Waals surface area contributed by atoms with Crippen LogP contribution >= 0.6 is 0 Å². The van der Waals surface area contributed by atoms with Gasteiger partial charge in [0.1, 0.15) is 11.9 Å². The molecule has 1 fully saturated rings. The number of sulfonamides is 1. The zero-order chi connectivity index (χ0) is 24.7. The third kappa shape index (κ3) is 6.94. The second kappa shape index (κ2) is 11.3. The van der Waals surface area contributed by atoms with Gasteiger partial charge in [-0.2, -0.15) is 0 Å². The number of carbonyl (C=O) groups is 2. The highest BCUT2D eigenvalue weighted by atomic mass is 32.2. The molecule has 2 aromatic carbocycles. The number of ether oxygens (including phenoxy) is 1. The Labute approximate surface area is 200 Å². The molecule has 2 amide bonds. The molecule has 1 aliphatic heterocycles. The molecule has 0 saturated carbocycles. The van der Waals surface area contributed by atoms with E-state index in [-0.39, 0.29) is 36.9 Å². The first-order valence-corrected chi connectivity index (χ1v) is 12.9. The van der Waals surface area contributed by atoms with E-state index in [0.29, 0.717) is 29.7 Å². The highest BCUT2D eigenvalue weighted by Gasteiger charge is 2.32. The van der Waals surface area contributed by atoms with Gasteiger partial charge in [0.15, 0.2) is 0 Å². The fourth-order valence-corrected chi connectivity index (χ4v) is 5.55. The molecule has 10 heteroatoms. The molecule has 1 saturated heterocycles. The van der Waals surface area contributed by atoms with Crippen LogP contribution in [0.15, 0.2) is 54.6 Å². The summed E-state index contributed by atoms with van der Waals surface area (Å²) in [6.07, 6.45) is -0.596. The lowest BCUT2D eigenvalue weighted by atomic mass is 10.1. The number of amides is 2. The topological polar surface area (TPSA) is 125 Å². The van der Waals surface area contributed by atoms with Gasteiger partial charge in [-0.1, -0.05) is 42.5 Å². The van der Waals surface area contributed by atoms with Gasteiger partial charge in [-0.3, -0.25) is 4.79 Å². The van der Waals surface area contributed by atoms with Crippen LogP contribution in [0.4, 0.5) is 4.79 Å². The Balaban J connectivity index is 1.63. The Hall–Kier alpha value is -3.11. The third-order valence-corrected chi connectivity index (χ3v) is 7.42. The smallest absolute Gasteiger partial charge is 0.405 e. The van der Waals surface area contributed by atoms with Crippen molar-refractivity contribution >= 4 is 22.0 Å². The van der Waals surface area contributed by atoms with E-state index < -0.39 is 22.2 Å². The van der Waals surface area contributed by atoms with Crippen LogP contribution in [-0.2, 0) is 10.0 Å². The van der Waals surface area contributed by atoms with E-state index in [1.807, 2.05) is 13.8 Å².